The molecule has 104 valence electrons. The molecule has 1 aromatic rings. The van der Waals surface area contributed by atoms with Gasteiger partial charge in [0.2, 0.25) is 5.91 Å². The van der Waals surface area contributed by atoms with Gasteiger partial charge in [-0.25, -0.2) is 4.79 Å². The van der Waals surface area contributed by atoms with Crippen molar-refractivity contribution in [3.8, 4) is 0 Å². The van der Waals surface area contributed by atoms with E-state index in [-0.39, 0.29) is 12.5 Å². The Hall–Kier alpha value is -1.59. The Morgan fingerprint density at radius 1 is 1.26 bits per heavy atom. The zero-order chi connectivity index (χ0) is 14.3. The average Bonchev–Trinajstić information content (AvgIpc) is 2.40. The molecule has 1 rings (SSSR count). The molecule has 19 heavy (non-hydrogen) atoms. The monoisotopic (exact) mass is 285 g/mol. The van der Waals surface area contributed by atoms with Crippen LogP contribution in [0.15, 0.2) is 24.3 Å². The molecule has 0 aliphatic carbocycles. The summed E-state index contributed by atoms with van der Waals surface area (Å²) in [5.41, 5.74) is 0.873. The zero-order valence-corrected chi connectivity index (χ0v) is 11.6. The lowest BCUT2D eigenvalue weighted by Crippen LogP contribution is -2.44. The molecule has 1 aromatic carbocycles. The molecule has 0 spiro atoms. The quantitative estimate of drug-likeness (QED) is 0.798. The van der Waals surface area contributed by atoms with Crippen LogP contribution in [0.2, 0.25) is 5.02 Å². The summed E-state index contributed by atoms with van der Waals surface area (Å²) >= 11 is 5.79. The summed E-state index contributed by atoms with van der Waals surface area (Å²) in [6.45, 7) is -0.103. The zero-order valence-electron chi connectivity index (χ0n) is 10.8. The van der Waals surface area contributed by atoms with E-state index in [1.807, 2.05) is 0 Å². The molecule has 0 saturated heterocycles. The number of methoxy groups -OCH3 is 2. The molecular weight excluding hydrogens is 270 g/mol. The third kappa shape index (κ3) is 5.28. The van der Waals surface area contributed by atoms with Crippen LogP contribution in [0.1, 0.15) is 5.56 Å². The molecule has 0 aromatic heterocycles. The maximum Gasteiger partial charge on any atom is 0.328 e. The second-order valence-corrected chi connectivity index (χ2v) is 4.34. The van der Waals surface area contributed by atoms with E-state index in [1.165, 1.54) is 14.2 Å². The van der Waals surface area contributed by atoms with Gasteiger partial charge in [0.1, 0.15) is 12.6 Å². The van der Waals surface area contributed by atoms with E-state index in [1.54, 1.807) is 24.3 Å². The third-order valence-electron chi connectivity index (χ3n) is 2.45. The molecule has 5 nitrogen and oxygen atoms in total. The van der Waals surface area contributed by atoms with Gasteiger partial charge in [-0.3, -0.25) is 4.79 Å². The standard InChI is InChI=1S/C13H16ClNO4/c1-18-8-12(16)15-11(13(17)19-2)7-9-3-5-10(14)6-4-9/h3-6,11H,7-8H2,1-2H3,(H,15,16)/t11-/m1/s1. The van der Waals surface area contributed by atoms with Crippen molar-refractivity contribution < 1.29 is 19.1 Å². The van der Waals surface area contributed by atoms with Gasteiger partial charge >= 0.3 is 5.97 Å². The number of carbonyl (C=O) groups excluding carboxylic acids is 2. The molecule has 0 radical (unpaired) electrons. The summed E-state index contributed by atoms with van der Waals surface area (Å²) in [5, 5.41) is 3.17. The highest BCUT2D eigenvalue weighted by atomic mass is 35.5. The molecule has 0 aliphatic heterocycles. The minimum absolute atomic E-state index is 0.103. The van der Waals surface area contributed by atoms with Gasteiger partial charge in [-0.1, -0.05) is 23.7 Å². The largest absolute Gasteiger partial charge is 0.467 e. The molecule has 1 atom stereocenters. The third-order valence-corrected chi connectivity index (χ3v) is 2.70. The van der Waals surface area contributed by atoms with Gasteiger partial charge in [-0.2, -0.15) is 0 Å². The number of nitrogens with one attached hydrogen (secondary N) is 1. The van der Waals surface area contributed by atoms with Crippen LogP contribution in [0.3, 0.4) is 0 Å². The van der Waals surface area contributed by atoms with Gasteiger partial charge in [0, 0.05) is 18.6 Å². The van der Waals surface area contributed by atoms with Crippen LogP contribution in [0.4, 0.5) is 0 Å². The summed E-state index contributed by atoms with van der Waals surface area (Å²) in [5.74, 6) is -0.869. The topological polar surface area (TPSA) is 64.6 Å². The smallest absolute Gasteiger partial charge is 0.328 e. The Labute approximate surface area is 116 Å². The van der Waals surface area contributed by atoms with E-state index in [0.717, 1.165) is 5.56 Å². The maximum atomic E-state index is 11.6. The van der Waals surface area contributed by atoms with Crippen LogP contribution < -0.4 is 5.32 Å². The number of amides is 1. The van der Waals surface area contributed by atoms with Gasteiger partial charge < -0.3 is 14.8 Å². The highest BCUT2D eigenvalue weighted by Crippen LogP contribution is 2.11. The van der Waals surface area contributed by atoms with Crippen molar-refractivity contribution in [3.05, 3.63) is 34.9 Å². The summed E-state index contributed by atoms with van der Waals surface area (Å²) in [6.07, 6.45) is 0.333. The first-order valence-electron chi connectivity index (χ1n) is 5.67. The summed E-state index contributed by atoms with van der Waals surface area (Å²) < 4.78 is 9.37. The number of hydrogen-bond acceptors (Lipinski definition) is 4. The molecule has 1 amide bonds. The molecule has 0 bridgehead atoms. The van der Waals surface area contributed by atoms with E-state index in [2.05, 4.69) is 10.1 Å². The Bertz CT molecular complexity index is 433. The van der Waals surface area contributed by atoms with Gasteiger partial charge in [0.25, 0.3) is 0 Å². The minimum atomic E-state index is -0.742. The number of hydrogen-bond donors (Lipinski definition) is 1. The van der Waals surface area contributed by atoms with Crippen molar-refractivity contribution in [2.75, 3.05) is 20.8 Å². The fourth-order valence-electron chi connectivity index (χ4n) is 1.56. The molecule has 0 heterocycles. The Kier molecular flexibility index (Phi) is 6.32. The van der Waals surface area contributed by atoms with E-state index in [0.29, 0.717) is 11.4 Å². The minimum Gasteiger partial charge on any atom is -0.467 e. The van der Waals surface area contributed by atoms with Crippen LogP contribution in [-0.4, -0.2) is 38.7 Å². The van der Waals surface area contributed by atoms with Crippen molar-refractivity contribution in [1.29, 1.82) is 0 Å². The lowest BCUT2D eigenvalue weighted by Gasteiger charge is -2.16. The van der Waals surface area contributed by atoms with Crippen LogP contribution in [0, 0.1) is 0 Å². The predicted molar refractivity (Wildman–Crippen MR) is 71.0 cm³/mol. The molecule has 0 saturated carbocycles. The van der Waals surface area contributed by atoms with Crippen LogP contribution in [0.5, 0.6) is 0 Å². The predicted octanol–water partition coefficient (Wildman–Crippen LogP) is 1.19. The molecular formula is C13H16ClNO4. The summed E-state index contributed by atoms with van der Waals surface area (Å²) in [4.78, 5) is 23.1. The number of carbonyl (C=O) groups is 2. The molecule has 0 fully saturated rings. The van der Waals surface area contributed by atoms with Crippen molar-refractivity contribution in [3.63, 3.8) is 0 Å². The maximum absolute atomic E-state index is 11.6. The second-order valence-electron chi connectivity index (χ2n) is 3.91. The van der Waals surface area contributed by atoms with Gasteiger partial charge in [-0.05, 0) is 17.7 Å². The van der Waals surface area contributed by atoms with Gasteiger partial charge in [0.05, 0.1) is 7.11 Å². The molecule has 6 heteroatoms. The van der Waals surface area contributed by atoms with Crippen LogP contribution in [0.25, 0.3) is 0 Å². The Balaban J connectivity index is 2.71. The average molecular weight is 286 g/mol. The van der Waals surface area contributed by atoms with Crippen LogP contribution in [-0.2, 0) is 25.5 Å². The summed E-state index contributed by atoms with van der Waals surface area (Å²) in [7, 11) is 2.69. The van der Waals surface area contributed by atoms with E-state index in [4.69, 9.17) is 16.3 Å². The van der Waals surface area contributed by atoms with E-state index < -0.39 is 12.0 Å². The van der Waals surface area contributed by atoms with Crippen LogP contribution >= 0.6 is 11.6 Å². The van der Waals surface area contributed by atoms with Crippen molar-refractivity contribution in [2.24, 2.45) is 0 Å². The highest BCUT2D eigenvalue weighted by molar-refractivity contribution is 6.30. The number of halogens is 1. The molecule has 1 N–H and O–H groups in total. The lowest BCUT2D eigenvalue weighted by atomic mass is 10.1. The van der Waals surface area contributed by atoms with Gasteiger partial charge in [-0.15, -0.1) is 0 Å². The fraction of sp³-hybridized carbons (Fsp3) is 0.385. The number of ether oxygens (including phenoxy) is 2. The first-order valence-corrected chi connectivity index (χ1v) is 6.05. The first kappa shape index (κ1) is 15.5. The van der Waals surface area contributed by atoms with Gasteiger partial charge in [0.15, 0.2) is 0 Å². The van der Waals surface area contributed by atoms with Crippen molar-refractivity contribution >= 4 is 23.5 Å². The van der Waals surface area contributed by atoms with E-state index in [9.17, 15) is 9.59 Å². The molecule has 0 aliphatic rings. The molecule has 0 unspecified atom stereocenters. The second kappa shape index (κ2) is 7.76. The normalized spacial score (nSPS) is 11.7. The van der Waals surface area contributed by atoms with Crippen molar-refractivity contribution in [2.45, 2.75) is 12.5 Å². The van der Waals surface area contributed by atoms with E-state index >= 15 is 0 Å². The summed E-state index contributed by atoms with van der Waals surface area (Å²) in [6, 6.07) is 6.29. The fourth-order valence-corrected chi connectivity index (χ4v) is 1.68. The SMILES string of the molecule is COCC(=O)N[C@H](Cc1ccc(Cl)cc1)C(=O)OC. The number of esters is 1. The Morgan fingerprint density at radius 2 is 1.89 bits per heavy atom. The lowest BCUT2D eigenvalue weighted by molar-refractivity contribution is -0.145. The number of rotatable bonds is 6. The highest BCUT2D eigenvalue weighted by Gasteiger charge is 2.21. The Morgan fingerprint density at radius 3 is 2.42 bits per heavy atom. The van der Waals surface area contributed by atoms with Crippen molar-refractivity contribution in [1.82, 2.24) is 5.32 Å². The first-order chi connectivity index (χ1) is 9.06. The number of benzene rings is 1.